The summed E-state index contributed by atoms with van der Waals surface area (Å²) in [6.45, 7) is 5.88. The van der Waals surface area contributed by atoms with Crippen molar-refractivity contribution < 1.29 is 4.42 Å². The van der Waals surface area contributed by atoms with Gasteiger partial charge in [0.1, 0.15) is 17.0 Å². The number of aryl methyl sites for hydroxylation is 1. The Morgan fingerprint density at radius 3 is 3.00 bits per heavy atom. The second-order valence-electron chi connectivity index (χ2n) is 3.62. The van der Waals surface area contributed by atoms with E-state index in [9.17, 15) is 0 Å². The maximum absolute atomic E-state index is 5.25. The summed E-state index contributed by atoms with van der Waals surface area (Å²) in [6, 6.07) is 1.98. The normalized spacial score (nSPS) is 10.9. The van der Waals surface area contributed by atoms with Gasteiger partial charge in [0.15, 0.2) is 5.01 Å². The summed E-state index contributed by atoms with van der Waals surface area (Å²) < 4.78 is 5.25. The van der Waals surface area contributed by atoms with Crippen molar-refractivity contribution in [1.29, 1.82) is 0 Å². The molecule has 0 aliphatic carbocycles. The van der Waals surface area contributed by atoms with E-state index in [1.54, 1.807) is 17.6 Å². The van der Waals surface area contributed by atoms with Crippen molar-refractivity contribution in [1.82, 2.24) is 15.5 Å². The van der Waals surface area contributed by atoms with Gasteiger partial charge in [0, 0.05) is 6.54 Å². The zero-order valence-electron chi connectivity index (χ0n) is 9.49. The highest BCUT2D eigenvalue weighted by molar-refractivity contribution is 7.14. The van der Waals surface area contributed by atoms with Gasteiger partial charge in [-0.05, 0) is 26.0 Å². The molecule has 0 amide bonds. The van der Waals surface area contributed by atoms with Crippen LogP contribution < -0.4 is 5.32 Å². The fraction of sp³-hybridized carbons (Fsp3) is 0.455. The third-order valence-electron chi connectivity index (χ3n) is 2.15. The molecule has 2 heterocycles. The molecule has 0 bridgehead atoms. The third kappa shape index (κ3) is 2.68. The molecule has 0 unspecified atom stereocenters. The van der Waals surface area contributed by atoms with E-state index in [4.69, 9.17) is 4.42 Å². The first-order chi connectivity index (χ1) is 7.79. The first kappa shape index (κ1) is 11.3. The molecule has 2 aromatic heterocycles. The molecule has 0 aliphatic heterocycles. The van der Waals surface area contributed by atoms with Crippen molar-refractivity contribution in [2.24, 2.45) is 0 Å². The summed E-state index contributed by atoms with van der Waals surface area (Å²) in [5.41, 5.74) is 1.01. The van der Waals surface area contributed by atoms with E-state index in [-0.39, 0.29) is 0 Å². The van der Waals surface area contributed by atoms with Crippen molar-refractivity contribution in [3.05, 3.63) is 23.1 Å². The van der Waals surface area contributed by atoms with Crippen molar-refractivity contribution in [3.63, 3.8) is 0 Å². The summed E-state index contributed by atoms with van der Waals surface area (Å²) in [5, 5.41) is 13.5. The monoisotopic (exact) mass is 237 g/mol. The smallest absolute Gasteiger partial charge is 0.151 e. The number of furan rings is 1. The zero-order valence-corrected chi connectivity index (χ0v) is 10.3. The number of nitrogens with zero attached hydrogens (tertiary/aromatic N) is 2. The van der Waals surface area contributed by atoms with Gasteiger partial charge < -0.3 is 9.73 Å². The maximum atomic E-state index is 5.25. The minimum atomic E-state index is 0.794. The standard InChI is InChI=1S/C11H15N3OS/c1-3-4-12-6-10-13-14-11(16-10)9-5-8(2)15-7-9/h5,7,12H,3-4,6H2,1-2H3. The third-order valence-corrected chi connectivity index (χ3v) is 3.12. The average molecular weight is 237 g/mol. The van der Waals surface area contributed by atoms with Gasteiger partial charge in [-0.2, -0.15) is 0 Å². The number of hydrogen-bond donors (Lipinski definition) is 1. The summed E-state index contributed by atoms with van der Waals surface area (Å²) in [4.78, 5) is 0. The van der Waals surface area contributed by atoms with E-state index >= 15 is 0 Å². The van der Waals surface area contributed by atoms with Crippen LogP contribution in [0, 0.1) is 6.92 Å². The molecular formula is C11H15N3OS. The minimum absolute atomic E-state index is 0.794. The van der Waals surface area contributed by atoms with E-state index in [0.717, 1.165) is 40.8 Å². The Morgan fingerprint density at radius 1 is 1.44 bits per heavy atom. The Kier molecular flexibility index (Phi) is 3.69. The molecule has 0 aliphatic rings. The molecule has 0 saturated heterocycles. The molecule has 0 spiro atoms. The number of rotatable bonds is 5. The van der Waals surface area contributed by atoms with Crippen LogP contribution in [0.1, 0.15) is 24.1 Å². The summed E-state index contributed by atoms with van der Waals surface area (Å²) >= 11 is 1.61. The molecule has 2 rings (SSSR count). The van der Waals surface area contributed by atoms with Crippen LogP contribution in [0.25, 0.3) is 10.6 Å². The van der Waals surface area contributed by atoms with Gasteiger partial charge in [0.2, 0.25) is 0 Å². The van der Waals surface area contributed by atoms with Gasteiger partial charge in [0.25, 0.3) is 0 Å². The molecule has 0 aromatic carbocycles. The van der Waals surface area contributed by atoms with Gasteiger partial charge in [-0.3, -0.25) is 0 Å². The molecule has 86 valence electrons. The molecule has 2 aromatic rings. The maximum Gasteiger partial charge on any atom is 0.151 e. The highest BCUT2D eigenvalue weighted by Gasteiger charge is 2.08. The average Bonchev–Trinajstić information content (AvgIpc) is 2.87. The van der Waals surface area contributed by atoms with Gasteiger partial charge in [0.05, 0.1) is 5.56 Å². The lowest BCUT2D eigenvalue weighted by Gasteiger charge is -1.96. The van der Waals surface area contributed by atoms with E-state index in [1.165, 1.54) is 0 Å². The highest BCUT2D eigenvalue weighted by atomic mass is 32.1. The first-order valence-corrected chi connectivity index (χ1v) is 6.20. The van der Waals surface area contributed by atoms with Crippen molar-refractivity contribution in [3.8, 4) is 10.6 Å². The first-order valence-electron chi connectivity index (χ1n) is 5.38. The van der Waals surface area contributed by atoms with Gasteiger partial charge in [-0.1, -0.05) is 18.3 Å². The van der Waals surface area contributed by atoms with Crippen molar-refractivity contribution in [2.75, 3.05) is 6.54 Å². The van der Waals surface area contributed by atoms with Crippen LogP contribution in [0.3, 0.4) is 0 Å². The lowest BCUT2D eigenvalue weighted by Crippen LogP contribution is -2.13. The SMILES string of the molecule is CCCNCc1nnc(-c2coc(C)c2)s1. The molecule has 0 radical (unpaired) electrons. The molecule has 1 N–H and O–H groups in total. The van der Waals surface area contributed by atoms with Crippen LogP contribution in [0.2, 0.25) is 0 Å². The molecular weight excluding hydrogens is 222 g/mol. The van der Waals surface area contributed by atoms with Crippen LogP contribution in [0.4, 0.5) is 0 Å². The van der Waals surface area contributed by atoms with Gasteiger partial charge in [-0.15, -0.1) is 10.2 Å². The molecule has 0 saturated carbocycles. The Balaban J connectivity index is 2.02. The Bertz CT molecular complexity index is 450. The van der Waals surface area contributed by atoms with E-state index in [0.29, 0.717) is 0 Å². The van der Waals surface area contributed by atoms with E-state index < -0.39 is 0 Å². The summed E-state index contributed by atoms with van der Waals surface area (Å²) in [7, 11) is 0. The molecule has 0 fully saturated rings. The van der Waals surface area contributed by atoms with Crippen LogP contribution >= 0.6 is 11.3 Å². The lowest BCUT2D eigenvalue weighted by atomic mass is 10.3. The number of hydrogen-bond acceptors (Lipinski definition) is 5. The zero-order chi connectivity index (χ0) is 11.4. The molecule has 5 heteroatoms. The minimum Gasteiger partial charge on any atom is -0.469 e. The Morgan fingerprint density at radius 2 is 2.31 bits per heavy atom. The van der Waals surface area contributed by atoms with Crippen molar-refractivity contribution >= 4 is 11.3 Å². The van der Waals surface area contributed by atoms with Crippen LogP contribution in [0.5, 0.6) is 0 Å². The van der Waals surface area contributed by atoms with Crippen LogP contribution in [-0.4, -0.2) is 16.7 Å². The largest absolute Gasteiger partial charge is 0.469 e. The van der Waals surface area contributed by atoms with Crippen molar-refractivity contribution in [2.45, 2.75) is 26.8 Å². The second-order valence-corrected chi connectivity index (χ2v) is 4.69. The van der Waals surface area contributed by atoms with E-state index in [1.807, 2.05) is 13.0 Å². The Labute approximate surface area is 98.7 Å². The number of aromatic nitrogens is 2. The Hall–Kier alpha value is -1.20. The highest BCUT2D eigenvalue weighted by Crippen LogP contribution is 2.25. The quantitative estimate of drug-likeness (QED) is 0.812. The van der Waals surface area contributed by atoms with Gasteiger partial charge in [-0.25, -0.2) is 0 Å². The predicted molar refractivity (Wildman–Crippen MR) is 64.3 cm³/mol. The van der Waals surface area contributed by atoms with Gasteiger partial charge >= 0.3 is 0 Å². The molecule has 4 nitrogen and oxygen atoms in total. The topological polar surface area (TPSA) is 51.0 Å². The fourth-order valence-corrected chi connectivity index (χ4v) is 2.16. The molecule has 16 heavy (non-hydrogen) atoms. The van der Waals surface area contributed by atoms with Crippen LogP contribution in [0.15, 0.2) is 16.7 Å². The summed E-state index contributed by atoms with van der Waals surface area (Å²) in [6.07, 6.45) is 2.85. The number of nitrogens with one attached hydrogen (secondary N) is 1. The fourth-order valence-electron chi connectivity index (χ4n) is 1.37. The van der Waals surface area contributed by atoms with E-state index in [2.05, 4.69) is 22.4 Å². The lowest BCUT2D eigenvalue weighted by molar-refractivity contribution is 0.535. The predicted octanol–water partition coefficient (Wildman–Crippen LogP) is 2.61. The second kappa shape index (κ2) is 5.23. The summed E-state index contributed by atoms with van der Waals surface area (Å²) in [5.74, 6) is 0.899. The van der Waals surface area contributed by atoms with Crippen LogP contribution in [-0.2, 0) is 6.54 Å². The molecule has 0 atom stereocenters.